The number of carboxylic acids is 1. The van der Waals surface area contributed by atoms with Crippen molar-refractivity contribution in [2.24, 2.45) is 5.92 Å². The van der Waals surface area contributed by atoms with Gasteiger partial charge in [-0.25, -0.2) is 0 Å². The van der Waals surface area contributed by atoms with Crippen molar-refractivity contribution < 1.29 is 42.1 Å². The van der Waals surface area contributed by atoms with Gasteiger partial charge in [-0.15, -0.1) is 11.8 Å². The van der Waals surface area contributed by atoms with Crippen molar-refractivity contribution in [1.82, 2.24) is 0 Å². The molecule has 2 aromatic rings. The Labute approximate surface area is 274 Å². The Morgan fingerprint density at radius 3 is 1.93 bits per heavy atom. The maximum Gasteiger partial charge on any atom is 0.453 e. The van der Waals surface area contributed by atoms with E-state index in [0.29, 0.717) is 31.6 Å². The summed E-state index contributed by atoms with van der Waals surface area (Å²) in [5.41, 5.74) is 2.44. The van der Waals surface area contributed by atoms with Crippen LogP contribution in [0.4, 0.5) is 22.0 Å². The summed E-state index contributed by atoms with van der Waals surface area (Å²) in [6.45, 7) is 2.23. The van der Waals surface area contributed by atoms with E-state index in [1.54, 1.807) is 30.0 Å². The number of carbonyl (C=O) groups is 1. The number of aromatic hydroxyl groups is 2. The number of hydrogen-bond donors (Lipinski definition) is 3. The van der Waals surface area contributed by atoms with E-state index in [9.17, 15) is 42.1 Å². The number of alkyl halides is 5. The van der Waals surface area contributed by atoms with Gasteiger partial charge in [-0.05, 0) is 73.4 Å². The van der Waals surface area contributed by atoms with Crippen LogP contribution in [-0.4, -0.2) is 39.1 Å². The van der Waals surface area contributed by atoms with Gasteiger partial charge >= 0.3 is 18.1 Å². The minimum Gasteiger partial charge on any atom is -0.508 e. The van der Waals surface area contributed by atoms with Crippen molar-refractivity contribution in [1.29, 1.82) is 0 Å². The van der Waals surface area contributed by atoms with E-state index in [0.717, 1.165) is 68.4 Å². The molecule has 1 heterocycles. The Morgan fingerprint density at radius 2 is 1.37 bits per heavy atom. The van der Waals surface area contributed by atoms with Gasteiger partial charge in [0.2, 0.25) is 0 Å². The van der Waals surface area contributed by atoms with Crippen LogP contribution in [0.2, 0.25) is 0 Å². The van der Waals surface area contributed by atoms with Crippen LogP contribution in [0, 0.1) is 5.92 Å². The van der Waals surface area contributed by atoms with Crippen molar-refractivity contribution in [3.05, 3.63) is 53.6 Å². The molecule has 4 nitrogen and oxygen atoms in total. The number of benzene rings is 2. The van der Waals surface area contributed by atoms with Gasteiger partial charge in [0.1, 0.15) is 11.5 Å². The number of fused-ring (bicyclic) bond motifs is 1. The summed E-state index contributed by atoms with van der Waals surface area (Å²) in [7, 11) is 0. The summed E-state index contributed by atoms with van der Waals surface area (Å²) in [4.78, 5) is 12.8. The van der Waals surface area contributed by atoms with Crippen LogP contribution in [0.25, 0.3) is 0 Å². The third-order valence-corrected chi connectivity index (χ3v) is 11.0. The van der Waals surface area contributed by atoms with E-state index in [4.69, 9.17) is 0 Å². The van der Waals surface area contributed by atoms with E-state index in [2.05, 4.69) is 13.0 Å². The SMILES string of the molecule is CC[C@]1(c2ccc(O)cc2)CSc2cc(O)ccc2[C@H]1CCCCCCCCCC(CCCCCCC(F)(F)C(F)(F)F)C(=O)O. The van der Waals surface area contributed by atoms with Crippen LogP contribution in [0.15, 0.2) is 47.4 Å². The third kappa shape index (κ3) is 10.5. The third-order valence-electron chi connectivity index (χ3n) is 9.70. The Bertz CT molecular complexity index is 1220. The van der Waals surface area contributed by atoms with Crippen LogP contribution in [0.1, 0.15) is 127 Å². The quantitative estimate of drug-likeness (QED) is 0.0964. The summed E-state index contributed by atoms with van der Waals surface area (Å²) in [5.74, 6) is -4.31. The number of aliphatic carboxylic acids is 1. The van der Waals surface area contributed by atoms with Gasteiger partial charge in [0.25, 0.3) is 0 Å². The van der Waals surface area contributed by atoms with Crippen LogP contribution < -0.4 is 0 Å². The average Bonchev–Trinajstić information content (AvgIpc) is 3.00. The van der Waals surface area contributed by atoms with Crippen molar-refractivity contribution >= 4 is 17.7 Å². The zero-order valence-corrected chi connectivity index (χ0v) is 27.6. The van der Waals surface area contributed by atoms with Crippen molar-refractivity contribution in [3.63, 3.8) is 0 Å². The van der Waals surface area contributed by atoms with Gasteiger partial charge in [-0.3, -0.25) is 4.79 Å². The number of unbranched alkanes of at least 4 members (excludes halogenated alkanes) is 9. The molecule has 3 atom stereocenters. The van der Waals surface area contributed by atoms with E-state index < -0.39 is 30.4 Å². The second-order valence-corrected chi connectivity index (χ2v) is 13.9. The van der Waals surface area contributed by atoms with Crippen molar-refractivity contribution in [3.8, 4) is 11.5 Å². The fourth-order valence-electron chi connectivity index (χ4n) is 6.85. The van der Waals surface area contributed by atoms with Crippen molar-refractivity contribution in [2.75, 3.05) is 5.75 Å². The number of halogens is 5. The molecule has 0 saturated heterocycles. The summed E-state index contributed by atoms with van der Waals surface area (Å²) in [5, 5.41) is 29.5. The summed E-state index contributed by atoms with van der Waals surface area (Å²) in [6, 6.07) is 13.3. The monoisotopic (exact) mass is 672 g/mol. The van der Waals surface area contributed by atoms with E-state index in [-0.39, 0.29) is 29.8 Å². The maximum absolute atomic E-state index is 13.0. The molecule has 2 aromatic carbocycles. The minimum atomic E-state index is -5.52. The lowest BCUT2D eigenvalue weighted by Crippen LogP contribution is -2.38. The van der Waals surface area contributed by atoms with Crippen LogP contribution in [0.5, 0.6) is 11.5 Å². The first kappa shape index (κ1) is 38.0. The lowest BCUT2D eigenvalue weighted by molar-refractivity contribution is -0.284. The van der Waals surface area contributed by atoms with Crippen molar-refractivity contribution in [2.45, 2.75) is 138 Å². The fourth-order valence-corrected chi connectivity index (χ4v) is 8.42. The normalized spacial score (nSPS) is 19.1. The Kier molecular flexibility index (Phi) is 14.5. The van der Waals surface area contributed by atoms with E-state index in [1.165, 1.54) is 11.1 Å². The van der Waals surface area contributed by atoms with Gasteiger partial charge < -0.3 is 15.3 Å². The lowest BCUT2D eigenvalue weighted by atomic mass is 9.65. The zero-order valence-electron chi connectivity index (χ0n) is 26.8. The molecule has 0 aliphatic carbocycles. The molecule has 1 aliphatic heterocycles. The molecule has 0 spiro atoms. The zero-order chi connectivity index (χ0) is 33.8. The van der Waals surface area contributed by atoms with Gasteiger partial charge in [-0.2, -0.15) is 22.0 Å². The topological polar surface area (TPSA) is 77.8 Å². The van der Waals surface area contributed by atoms with Crippen LogP contribution >= 0.6 is 11.8 Å². The second kappa shape index (κ2) is 17.6. The van der Waals surface area contributed by atoms with Crippen LogP contribution in [-0.2, 0) is 10.2 Å². The molecule has 3 rings (SSSR count). The van der Waals surface area contributed by atoms with Gasteiger partial charge in [0.05, 0.1) is 5.92 Å². The predicted octanol–water partition coefficient (Wildman–Crippen LogP) is 11.4. The molecule has 0 radical (unpaired) electrons. The minimum absolute atomic E-state index is 0.0647. The first-order chi connectivity index (χ1) is 21.8. The molecule has 46 heavy (non-hydrogen) atoms. The highest BCUT2D eigenvalue weighted by molar-refractivity contribution is 7.99. The Morgan fingerprint density at radius 1 is 0.826 bits per heavy atom. The van der Waals surface area contributed by atoms with Crippen LogP contribution in [0.3, 0.4) is 0 Å². The first-order valence-electron chi connectivity index (χ1n) is 16.7. The lowest BCUT2D eigenvalue weighted by Gasteiger charge is -2.45. The highest BCUT2D eigenvalue weighted by atomic mass is 32.2. The van der Waals surface area contributed by atoms with E-state index >= 15 is 0 Å². The smallest absolute Gasteiger partial charge is 0.453 e. The molecule has 1 aliphatic rings. The number of hydrogen-bond acceptors (Lipinski definition) is 4. The Hall–Kier alpha value is -2.49. The summed E-state index contributed by atoms with van der Waals surface area (Å²) >= 11 is 1.79. The molecule has 1 unspecified atom stereocenters. The highest BCUT2D eigenvalue weighted by Gasteiger charge is 2.56. The molecule has 258 valence electrons. The standard InChI is InChI=1S/C36H49F5O4S/c1-2-34(27-17-19-28(42)20-18-27)25-46-32-24-29(43)21-22-30(32)31(34)16-12-7-5-3-4-6-10-14-26(33(44)45)15-11-8-9-13-23-35(37,38)36(39,40)41/h17-22,24,26,31,42-43H,2-16,23,25H2,1H3,(H,44,45)/t26?,31-,34-/m1/s1. The fraction of sp³-hybridized carbons (Fsp3) is 0.639. The summed E-state index contributed by atoms with van der Waals surface area (Å²) in [6.07, 6.45) is 4.24. The molecule has 0 amide bonds. The van der Waals surface area contributed by atoms with Gasteiger partial charge in [-0.1, -0.05) is 89.3 Å². The largest absolute Gasteiger partial charge is 0.508 e. The number of rotatable bonds is 20. The number of phenols is 2. The molecule has 0 fully saturated rings. The molecular weight excluding hydrogens is 623 g/mol. The number of phenolic OH excluding ortho intramolecular Hbond substituents is 2. The second-order valence-electron chi connectivity index (χ2n) is 12.9. The predicted molar refractivity (Wildman–Crippen MR) is 173 cm³/mol. The molecule has 0 bridgehead atoms. The average molecular weight is 673 g/mol. The maximum atomic E-state index is 13.0. The molecule has 10 heteroatoms. The number of carboxylic acid groups (broad SMARTS) is 1. The van der Waals surface area contributed by atoms with Gasteiger partial charge in [0.15, 0.2) is 0 Å². The Balaban J connectivity index is 1.37. The molecule has 0 aromatic heterocycles. The first-order valence-corrected chi connectivity index (χ1v) is 17.7. The van der Waals surface area contributed by atoms with E-state index in [1.807, 2.05) is 18.2 Å². The molecule has 0 saturated carbocycles. The molecule has 3 N–H and O–H groups in total. The number of thioether (sulfide) groups is 1. The summed E-state index contributed by atoms with van der Waals surface area (Å²) < 4.78 is 62.7. The van der Waals surface area contributed by atoms with Gasteiger partial charge in [0, 0.05) is 22.5 Å². The highest BCUT2D eigenvalue weighted by Crippen LogP contribution is 2.54. The molecular formula is C36H49F5O4S.